The van der Waals surface area contributed by atoms with Crippen LogP contribution < -0.4 is 10.2 Å². The zero-order valence-corrected chi connectivity index (χ0v) is 16.9. The van der Waals surface area contributed by atoms with Crippen LogP contribution in [0.25, 0.3) is 17.2 Å². The molecule has 30 heavy (non-hydrogen) atoms. The van der Waals surface area contributed by atoms with Crippen molar-refractivity contribution in [3.8, 4) is 11.1 Å². The Kier molecular flexibility index (Phi) is 6.70. The first-order chi connectivity index (χ1) is 14.6. The molecule has 1 aromatic heterocycles. The average Bonchev–Trinajstić information content (AvgIpc) is 2.78. The third-order valence-electron chi connectivity index (χ3n) is 4.77. The summed E-state index contributed by atoms with van der Waals surface area (Å²) in [6, 6.07) is 12.4. The number of hydrogen-bond donors (Lipinski definition) is 2. The topological polar surface area (TPSA) is 69.1 Å². The molecule has 0 bridgehead atoms. The third-order valence-corrected chi connectivity index (χ3v) is 4.77. The molecule has 0 saturated heterocycles. The van der Waals surface area contributed by atoms with E-state index in [-0.39, 0.29) is 6.54 Å². The second-order valence-corrected chi connectivity index (χ2v) is 6.71. The Hall–Kier alpha value is -3.80. The number of halogens is 1. The summed E-state index contributed by atoms with van der Waals surface area (Å²) < 4.78 is 14.8. The van der Waals surface area contributed by atoms with Crippen molar-refractivity contribution in [2.75, 3.05) is 17.3 Å². The fraction of sp³-hybridized carbons (Fsp3) is 0.125. The summed E-state index contributed by atoms with van der Waals surface area (Å²) in [6.45, 7) is 2.00. The number of allylic oxidation sites excluding steroid dienone is 1. The lowest BCUT2D eigenvalue weighted by atomic mass is 10.0. The standard InChI is InChI=1S/C24H23FN4O/c1-3-4-17-9-22(14-28-13-17)29(16-30)15-20-6-5-19(11-23(20)25)18-7-8-24(27-2)21(10-18)12-26/h3-14,16,26-27H,15H2,1-2H3/b4-3+,26-12?. The quantitative estimate of drug-likeness (QED) is 0.406. The molecule has 0 fully saturated rings. The van der Waals surface area contributed by atoms with Gasteiger partial charge in [0.15, 0.2) is 0 Å². The van der Waals surface area contributed by atoms with Crippen LogP contribution in [0.1, 0.15) is 23.6 Å². The lowest BCUT2D eigenvalue weighted by Crippen LogP contribution is -2.21. The van der Waals surface area contributed by atoms with Crippen molar-refractivity contribution >= 4 is 30.1 Å². The van der Waals surface area contributed by atoms with Crippen LogP contribution in [0.2, 0.25) is 0 Å². The van der Waals surface area contributed by atoms with E-state index in [4.69, 9.17) is 5.41 Å². The Bertz CT molecular complexity index is 1090. The maximum Gasteiger partial charge on any atom is 0.214 e. The monoisotopic (exact) mass is 402 g/mol. The molecular weight excluding hydrogens is 379 g/mol. The van der Waals surface area contributed by atoms with Crippen LogP contribution in [-0.4, -0.2) is 24.7 Å². The molecule has 1 heterocycles. The smallest absolute Gasteiger partial charge is 0.214 e. The molecule has 152 valence electrons. The highest BCUT2D eigenvalue weighted by Gasteiger charge is 2.12. The highest BCUT2D eigenvalue weighted by atomic mass is 19.1. The Morgan fingerprint density at radius 1 is 1.13 bits per heavy atom. The van der Waals surface area contributed by atoms with Gasteiger partial charge in [-0.25, -0.2) is 4.39 Å². The minimum Gasteiger partial charge on any atom is -0.388 e. The fourth-order valence-electron chi connectivity index (χ4n) is 3.20. The Morgan fingerprint density at radius 2 is 1.90 bits per heavy atom. The van der Waals surface area contributed by atoms with Crippen molar-refractivity contribution in [1.29, 1.82) is 5.41 Å². The molecule has 0 aliphatic carbocycles. The number of amides is 1. The fourth-order valence-corrected chi connectivity index (χ4v) is 3.20. The van der Waals surface area contributed by atoms with Crippen molar-refractivity contribution in [2.24, 2.45) is 0 Å². The Morgan fingerprint density at radius 3 is 2.57 bits per heavy atom. The lowest BCUT2D eigenvalue weighted by molar-refractivity contribution is -0.107. The molecule has 0 aliphatic heterocycles. The summed E-state index contributed by atoms with van der Waals surface area (Å²) in [5.74, 6) is -0.397. The van der Waals surface area contributed by atoms with Gasteiger partial charge in [-0.15, -0.1) is 0 Å². The van der Waals surface area contributed by atoms with E-state index in [1.807, 2.05) is 49.4 Å². The number of rotatable bonds is 8. The number of benzene rings is 2. The van der Waals surface area contributed by atoms with Gasteiger partial charge in [0.2, 0.25) is 6.41 Å². The van der Waals surface area contributed by atoms with Crippen LogP contribution in [0.4, 0.5) is 15.8 Å². The predicted octanol–water partition coefficient (Wildman–Crippen LogP) is 5.12. The van der Waals surface area contributed by atoms with E-state index in [0.29, 0.717) is 23.2 Å². The molecule has 3 rings (SSSR count). The summed E-state index contributed by atoms with van der Waals surface area (Å²) in [4.78, 5) is 17.2. The van der Waals surface area contributed by atoms with Crippen LogP contribution in [0.15, 0.2) is 60.9 Å². The van der Waals surface area contributed by atoms with Crippen LogP contribution >= 0.6 is 0 Å². The number of carbonyl (C=O) groups is 1. The maximum atomic E-state index is 14.8. The number of nitrogens with one attached hydrogen (secondary N) is 2. The van der Waals surface area contributed by atoms with E-state index in [2.05, 4.69) is 10.3 Å². The van der Waals surface area contributed by atoms with E-state index in [1.165, 1.54) is 17.2 Å². The van der Waals surface area contributed by atoms with E-state index in [1.54, 1.807) is 25.5 Å². The minimum absolute atomic E-state index is 0.0982. The molecule has 1 amide bonds. The largest absolute Gasteiger partial charge is 0.388 e. The summed E-state index contributed by atoms with van der Waals surface area (Å²) in [5, 5.41) is 10.6. The van der Waals surface area contributed by atoms with E-state index >= 15 is 0 Å². The van der Waals surface area contributed by atoms with Crippen LogP contribution in [0.3, 0.4) is 0 Å². The molecule has 2 aromatic carbocycles. The van der Waals surface area contributed by atoms with Gasteiger partial charge in [-0.3, -0.25) is 9.78 Å². The SMILES string of the molecule is C/C=C/c1cncc(N(C=O)Cc2ccc(-c3ccc(NC)c(C=N)c3)cc2F)c1. The zero-order chi connectivity index (χ0) is 21.5. The summed E-state index contributed by atoms with van der Waals surface area (Å²) >= 11 is 0. The number of aromatic nitrogens is 1. The normalized spacial score (nSPS) is 10.8. The van der Waals surface area contributed by atoms with Crippen molar-refractivity contribution in [3.05, 3.63) is 83.4 Å². The molecule has 0 radical (unpaired) electrons. The van der Waals surface area contributed by atoms with Crippen molar-refractivity contribution in [3.63, 3.8) is 0 Å². The maximum absolute atomic E-state index is 14.8. The number of carbonyl (C=O) groups excluding carboxylic acids is 1. The first kappa shape index (κ1) is 20.9. The number of anilines is 2. The summed E-state index contributed by atoms with van der Waals surface area (Å²) in [7, 11) is 1.79. The highest BCUT2D eigenvalue weighted by molar-refractivity contribution is 5.88. The number of nitrogens with zero attached hydrogens (tertiary/aromatic N) is 2. The summed E-state index contributed by atoms with van der Waals surface area (Å²) in [6.07, 6.45) is 8.99. The Balaban J connectivity index is 1.87. The molecule has 5 nitrogen and oxygen atoms in total. The van der Waals surface area contributed by atoms with Crippen LogP contribution in [0.5, 0.6) is 0 Å². The first-order valence-electron chi connectivity index (χ1n) is 9.50. The minimum atomic E-state index is -0.397. The molecule has 0 aliphatic rings. The van der Waals surface area contributed by atoms with Gasteiger partial charge in [0.05, 0.1) is 18.4 Å². The zero-order valence-electron chi connectivity index (χ0n) is 16.9. The van der Waals surface area contributed by atoms with Gasteiger partial charge < -0.3 is 15.6 Å². The second-order valence-electron chi connectivity index (χ2n) is 6.71. The first-order valence-corrected chi connectivity index (χ1v) is 9.50. The second kappa shape index (κ2) is 9.60. The third kappa shape index (κ3) is 4.60. The predicted molar refractivity (Wildman–Crippen MR) is 120 cm³/mol. The van der Waals surface area contributed by atoms with Gasteiger partial charge in [-0.05, 0) is 47.9 Å². The van der Waals surface area contributed by atoms with Gasteiger partial charge in [0.25, 0.3) is 0 Å². The van der Waals surface area contributed by atoms with Gasteiger partial charge in [0, 0.05) is 36.3 Å². The van der Waals surface area contributed by atoms with Crippen molar-refractivity contribution < 1.29 is 9.18 Å². The van der Waals surface area contributed by atoms with Gasteiger partial charge in [-0.2, -0.15) is 0 Å². The average molecular weight is 402 g/mol. The van der Waals surface area contributed by atoms with E-state index in [9.17, 15) is 9.18 Å². The molecular formula is C24H23FN4O. The van der Waals surface area contributed by atoms with Crippen molar-refractivity contribution in [2.45, 2.75) is 13.5 Å². The van der Waals surface area contributed by atoms with E-state index in [0.717, 1.165) is 22.4 Å². The van der Waals surface area contributed by atoms with Gasteiger partial charge >= 0.3 is 0 Å². The molecule has 3 aromatic rings. The van der Waals surface area contributed by atoms with E-state index < -0.39 is 5.82 Å². The molecule has 2 N–H and O–H groups in total. The molecule has 0 saturated carbocycles. The van der Waals surface area contributed by atoms with Gasteiger partial charge in [-0.1, -0.05) is 30.4 Å². The highest BCUT2D eigenvalue weighted by Crippen LogP contribution is 2.27. The molecule has 0 spiro atoms. The molecule has 0 unspecified atom stereocenters. The number of hydrogen-bond acceptors (Lipinski definition) is 4. The Labute approximate surface area is 175 Å². The van der Waals surface area contributed by atoms with Gasteiger partial charge in [0.1, 0.15) is 5.82 Å². The summed E-state index contributed by atoms with van der Waals surface area (Å²) in [5.41, 5.74) is 4.94. The molecule has 6 heteroatoms. The molecule has 0 atom stereocenters. The lowest BCUT2D eigenvalue weighted by Gasteiger charge is -2.18. The number of pyridine rings is 1. The van der Waals surface area contributed by atoms with Crippen molar-refractivity contribution in [1.82, 2.24) is 4.98 Å². The van der Waals surface area contributed by atoms with Crippen LogP contribution in [0, 0.1) is 11.2 Å². The van der Waals surface area contributed by atoms with Crippen LogP contribution in [-0.2, 0) is 11.3 Å².